The molecule has 2 aromatic rings. The third kappa shape index (κ3) is 8.31. The normalized spacial score (nSPS) is 12.5. The largest absolute Gasteiger partial charge is 0.354 e. The molecule has 0 aliphatic heterocycles. The fourth-order valence-corrected chi connectivity index (χ4v) is 2.69. The molecule has 0 bridgehead atoms. The smallest absolute Gasteiger partial charge is 0.241 e. The first-order valence-corrected chi connectivity index (χ1v) is 8.81. The Morgan fingerprint density at radius 2 is 1.67 bits per heavy atom. The minimum absolute atomic E-state index is 0. The van der Waals surface area contributed by atoms with E-state index < -0.39 is 6.04 Å². The number of amides is 1. The van der Waals surface area contributed by atoms with E-state index >= 15 is 0 Å². The average Bonchev–Trinajstić information content (AvgIpc) is 2.62. The standard InChI is InChI=1S/C21H29N3O.2ClH/c1-16-9-11-19(12-10-16)20(22)21(25)23-14-13-17(2)24(3)15-18-7-5-4-6-8-18;;/h4-12,17,20H,13-15,22H2,1-3H3,(H,23,25);2*1H. The van der Waals surface area contributed by atoms with Gasteiger partial charge in [0.15, 0.2) is 0 Å². The Hall–Kier alpha value is -1.59. The van der Waals surface area contributed by atoms with Crippen molar-refractivity contribution in [2.75, 3.05) is 13.6 Å². The number of carbonyl (C=O) groups is 1. The molecule has 0 saturated carbocycles. The molecule has 0 spiro atoms. The van der Waals surface area contributed by atoms with E-state index in [4.69, 9.17) is 5.73 Å². The minimum atomic E-state index is -0.613. The van der Waals surface area contributed by atoms with Crippen LogP contribution in [0.5, 0.6) is 0 Å². The molecule has 0 fully saturated rings. The molecule has 2 rings (SSSR count). The summed E-state index contributed by atoms with van der Waals surface area (Å²) in [6.45, 7) is 5.72. The molecule has 0 heterocycles. The van der Waals surface area contributed by atoms with Crippen molar-refractivity contribution in [1.29, 1.82) is 0 Å². The van der Waals surface area contributed by atoms with Crippen LogP contribution in [0.15, 0.2) is 54.6 Å². The lowest BCUT2D eigenvalue weighted by Crippen LogP contribution is -2.37. The van der Waals surface area contributed by atoms with Crippen LogP contribution in [0.1, 0.15) is 36.1 Å². The molecule has 1 amide bonds. The number of nitrogens with two attached hydrogens (primary N) is 1. The van der Waals surface area contributed by atoms with Gasteiger partial charge < -0.3 is 11.1 Å². The predicted molar refractivity (Wildman–Crippen MR) is 118 cm³/mol. The quantitative estimate of drug-likeness (QED) is 0.692. The number of carbonyl (C=O) groups excluding carboxylic acids is 1. The number of hydrogen-bond donors (Lipinski definition) is 2. The van der Waals surface area contributed by atoms with Crippen LogP contribution in [-0.2, 0) is 11.3 Å². The summed E-state index contributed by atoms with van der Waals surface area (Å²) < 4.78 is 0. The van der Waals surface area contributed by atoms with Crippen LogP contribution in [0.2, 0.25) is 0 Å². The maximum atomic E-state index is 12.2. The van der Waals surface area contributed by atoms with E-state index in [2.05, 4.69) is 48.5 Å². The predicted octanol–water partition coefficient (Wildman–Crippen LogP) is 3.87. The first-order valence-electron chi connectivity index (χ1n) is 8.81. The minimum Gasteiger partial charge on any atom is -0.354 e. The molecule has 6 heteroatoms. The fourth-order valence-electron chi connectivity index (χ4n) is 2.69. The Morgan fingerprint density at radius 1 is 1.07 bits per heavy atom. The highest BCUT2D eigenvalue weighted by atomic mass is 35.5. The lowest BCUT2D eigenvalue weighted by Gasteiger charge is -2.25. The molecule has 4 nitrogen and oxygen atoms in total. The van der Waals surface area contributed by atoms with Gasteiger partial charge >= 0.3 is 0 Å². The van der Waals surface area contributed by atoms with Gasteiger partial charge in [0.1, 0.15) is 6.04 Å². The van der Waals surface area contributed by atoms with Gasteiger partial charge in [0, 0.05) is 19.1 Å². The summed E-state index contributed by atoms with van der Waals surface area (Å²) in [6, 6.07) is 17.9. The van der Waals surface area contributed by atoms with Crippen LogP contribution in [0.3, 0.4) is 0 Å². The highest BCUT2D eigenvalue weighted by molar-refractivity contribution is 5.85. The number of nitrogens with one attached hydrogen (secondary N) is 1. The number of rotatable bonds is 8. The van der Waals surface area contributed by atoms with Gasteiger partial charge in [0.05, 0.1) is 0 Å². The Labute approximate surface area is 175 Å². The van der Waals surface area contributed by atoms with Crippen molar-refractivity contribution in [1.82, 2.24) is 10.2 Å². The van der Waals surface area contributed by atoms with Crippen molar-refractivity contribution in [2.24, 2.45) is 5.73 Å². The number of aryl methyl sites for hydroxylation is 1. The molecule has 27 heavy (non-hydrogen) atoms. The molecule has 150 valence electrons. The van der Waals surface area contributed by atoms with Gasteiger partial charge in [-0.25, -0.2) is 0 Å². The van der Waals surface area contributed by atoms with Crippen LogP contribution in [0, 0.1) is 6.92 Å². The topological polar surface area (TPSA) is 58.4 Å². The number of hydrogen-bond acceptors (Lipinski definition) is 3. The maximum Gasteiger partial charge on any atom is 0.241 e. The zero-order chi connectivity index (χ0) is 18.2. The maximum absolute atomic E-state index is 12.2. The molecule has 2 unspecified atom stereocenters. The zero-order valence-corrected chi connectivity index (χ0v) is 17.9. The Kier molecular flexibility index (Phi) is 12.0. The van der Waals surface area contributed by atoms with E-state index in [0.29, 0.717) is 12.6 Å². The third-order valence-electron chi connectivity index (χ3n) is 4.61. The molecule has 0 aromatic heterocycles. The second-order valence-electron chi connectivity index (χ2n) is 6.72. The van der Waals surface area contributed by atoms with Crippen LogP contribution < -0.4 is 11.1 Å². The van der Waals surface area contributed by atoms with Crippen LogP contribution in [-0.4, -0.2) is 30.4 Å². The van der Waals surface area contributed by atoms with Crippen LogP contribution >= 0.6 is 24.8 Å². The summed E-state index contributed by atoms with van der Waals surface area (Å²) in [5, 5.41) is 2.95. The lowest BCUT2D eigenvalue weighted by atomic mass is 10.1. The molecule has 0 aliphatic carbocycles. The van der Waals surface area contributed by atoms with E-state index in [1.165, 1.54) is 5.56 Å². The summed E-state index contributed by atoms with van der Waals surface area (Å²) in [5.41, 5.74) is 9.34. The van der Waals surface area contributed by atoms with Gasteiger partial charge in [-0.3, -0.25) is 9.69 Å². The van der Waals surface area contributed by atoms with Crippen LogP contribution in [0.4, 0.5) is 0 Å². The Bertz CT molecular complexity index is 665. The van der Waals surface area contributed by atoms with Crippen molar-refractivity contribution >= 4 is 30.7 Å². The summed E-state index contributed by atoms with van der Waals surface area (Å²) in [5.74, 6) is -0.123. The summed E-state index contributed by atoms with van der Waals surface area (Å²) in [6.07, 6.45) is 0.885. The van der Waals surface area contributed by atoms with Crippen LogP contribution in [0.25, 0.3) is 0 Å². The highest BCUT2D eigenvalue weighted by Crippen LogP contribution is 2.12. The summed E-state index contributed by atoms with van der Waals surface area (Å²) in [7, 11) is 2.11. The van der Waals surface area contributed by atoms with Crippen molar-refractivity contribution in [3.8, 4) is 0 Å². The molecule has 0 radical (unpaired) electrons. The molecule has 0 aliphatic rings. The van der Waals surface area contributed by atoms with Crippen molar-refractivity contribution in [3.05, 3.63) is 71.3 Å². The lowest BCUT2D eigenvalue weighted by molar-refractivity contribution is -0.122. The second kappa shape index (κ2) is 12.7. The van der Waals surface area contributed by atoms with E-state index in [9.17, 15) is 4.79 Å². The van der Waals surface area contributed by atoms with Gasteiger partial charge in [0.2, 0.25) is 5.91 Å². The number of halogens is 2. The Balaban J connectivity index is 0.00000338. The second-order valence-corrected chi connectivity index (χ2v) is 6.72. The summed E-state index contributed by atoms with van der Waals surface area (Å²) in [4.78, 5) is 14.5. The average molecular weight is 412 g/mol. The van der Waals surface area contributed by atoms with E-state index in [1.807, 2.05) is 37.3 Å². The van der Waals surface area contributed by atoms with Gasteiger partial charge in [-0.1, -0.05) is 60.2 Å². The number of nitrogens with zero attached hydrogens (tertiary/aromatic N) is 1. The van der Waals surface area contributed by atoms with E-state index in [1.54, 1.807) is 0 Å². The first kappa shape index (κ1) is 25.4. The van der Waals surface area contributed by atoms with Crippen molar-refractivity contribution in [2.45, 2.75) is 38.9 Å². The van der Waals surface area contributed by atoms with Crippen molar-refractivity contribution in [3.63, 3.8) is 0 Å². The van der Waals surface area contributed by atoms with E-state index in [-0.39, 0.29) is 30.7 Å². The van der Waals surface area contributed by atoms with Gasteiger partial charge in [0.25, 0.3) is 0 Å². The molecular formula is C21H31Cl2N3O. The molecular weight excluding hydrogens is 381 g/mol. The first-order chi connectivity index (χ1) is 12.0. The van der Waals surface area contributed by atoms with Gasteiger partial charge in [-0.05, 0) is 38.4 Å². The molecule has 2 aromatic carbocycles. The Morgan fingerprint density at radius 3 is 2.26 bits per heavy atom. The SMILES string of the molecule is Cc1ccc(C(N)C(=O)NCCC(C)N(C)Cc2ccccc2)cc1.Cl.Cl. The fraction of sp³-hybridized carbons (Fsp3) is 0.381. The monoisotopic (exact) mass is 411 g/mol. The summed E-state index contributed by atoms with van der Waals surface area (Å²) >= 11 is 0. The molecule has 2 atom stereocenters. The molecule has 3 N–H and O–H groups in total. The van der Waals surface area contributed by atoms with Gasteiger partial charge in [-0.15, -0.1) is 24.8 Å². The molecule has 0 saturated heterocycles. The van der Waals surface area contributed by atoms with Gasteiger partial charge in [-0.2, -0.15) is 0 Å². The third-order valence-corrected chi connectivity index (χ3v) is 4.61. The highest BCUT2D eigenvalue weighted by Gasteiger charge is 2.16. The zero-order valence-electron chi connectivity index (χ0n) is 16.2. The van der Waals surface area contributed by atoms with E-state index in [0.717, 1.165) is 24.1 Å². The number of benzene rings is 2. The van der Waals surface area contributed by atoms with Crippen molar-refractivity contribution < 1.29 is 4.79 Å².